The minimum absolute atomic E-state index is 0.0774. The molecule has 140 valence electrons. The Kier molecular flexibility index (Phi) is 4.87. The van der Waals surface area contributed by atoms with Crippen molar-refractivity contribution in [3.8, 4) is 17.4 Å². The van der Waals surface area contributed by atoms with E-state index in [9.17, 15) is 14.4 Å². The summed E-state index contributed by atoms with van der Waals surface area (Å²) in [5.41, 5.74) is 2.54. The average molecular weight is 383 g/mol. The molecule has 0 aliphatic rings. The zero-order chi connectivity index (χ0) is 20.2. The van der Waals surface area contributed by atoms with Crippen LogP contribution in [0, 0.1) is 17.1 Å². The van der Waals surface area contributed by atoms with Crippen LogP contribution in [0.1, 0.15) is 5.56 Å². The molecule has 0 unspecified atom stereocenters. The maximum Gasteiger partial charge on any atom is 0.266 e. The first-order valence-corrected chi connectivity index (χ1v) is 8.77. The molecule has 5 nitrogen and oxygen atoms in total. The predicted molar refractivity (Wildman–Crippen MR) is 108 cm³/mol. The lowest BCUT2D eigenvalue weighted by Gasteiger charge is -2.04. The van der Waals surface area contributed by atoms with Crippen molar-refractivity contribution in [1.29, 1.82) is 5.26 Å². The Morgan fingerprint density at radius 1 is 1.07 bits per heavy atom. The van der Waals surface area contributed by atoms with Crippen LogP contribution in [-0.4, -0.2) is 11.1 Å². The van der Waals surface area contributed by atoms with Crippen LogP contribution >= 0.6 is 0 Å². The van der Waals surface area contributed by atoms with Gasteiger partial charge in [-0.05, 0) is 48.0 Å². The van der Waals surface area contributed by atoms with Crippen LogP contribution in [0.4, 0.5) is 10.1 Å². The molecule has 3 aromatic carbocycles. The summed E-state index contributed by atoms with van der Waals surface area (Å²) in [6, 6.07) is 22.1. The summed E-state index contributed by atoms with van der Waals surface area (Å²) in [4.78, 5) is 12.4. The molecule has 0 bridgehead atoms. The van der Waals surface area contributed by atoms with Gasteiger partial charge in [0.05, 0.1) is 5.39 Å². The lowest BCUT2D eigenvalue weighted by Crippen LogP contribution is -2.13. The Morgan fingerprint density at radius 3 is 2.55 bits per heavy atom. The number of rotatable bonds is 4. The van der Waals surface area contributed by atoms with Gasteiger partial charge in [0.1, 0.15) is 23.0 Å². The fourth-order valence-corrected chi connectivity index (χ4v) is 2.89. The number of anilines is 1. The summed E-state index contributed by atoms with van der Waals surface area (Å²) in [7, 11) is 0. The van der Waals surface area contributed by atoms with Crippen molar-refractivity contribution in [2.75, 3.05) is 5.32 Å². The third kappa shape index (κ3) is 3.89. The Hall–Kier alpha value is -4.24. The molecule has 1 amide bonds. The van der Waals surface area contributed by atoms with Crippen LogP contribution in [0.5, 0.6) is 0 Å². The van der Waals surface area contributed by atoms with Crippen LogP contribution in [0.15, 0.2) is 82.9 Å². The van der Waals surface area contributed by atoms with Crippen molar-refractivity contribution >= 4 is 28.6 Å². The minimum Gasteiger partial charge on any atom is -0.355 e. The van der Waals surface area contributed by atoms with Crippen LogP contribution in [0.25, 0.3) is 28.3 Å². The van der Waals surface area contributed by atoms with Crippen LogP contribution in [0.3, 0.4) is 0 Å². The highest BCUT2D eigenvalue weighted by Crippen LogP contribution is 2.29. The van der Waals surface area contributed by atoms with Gasteiger partial charge >= 0.3 is 0 Å². The minimum atomic E-state index is -0.576. The summed E-state index contributed by atoms with van der Waals surface area (Å²) in [6.07, 6.45) is 1.49. The number of nitrogens with zero attached hydrogens (tertiary/aromatic N) is 2. The van der Waals surface area contributed by atoms with E-state index in [0.29, 0.717) is 22.5 Å². The van der Waals surface area contributed by atoms with Crippen molar-refractivity contribution in [3.05, 3.63) is 89.8 Å². The molecule has 0 spiro atoms. The first-order chi connectivity index (χ1) is 14.1. The van der Waals surface area contributed by atoms with E-state index >= 15 is 0 Å². The second-order valence-corrected chi connectivity index (χ2v) is 6.29. The molecule has 1 N–H and O–H groups in total. The molecule has 0 aliphatic heterocycles. The second-order valence-electron chi connectivity index (χ2n) is 6.29. The van der Waals surface area contributed by atoms with Gasteiger partial charge in [0.2, 0.25) is 0 Å². The molecule has 6 heteroatoms. The number of carbonyl (C=O) groups excluding carboxylic acids is 1. The highest BCUT2D eigenvalue weighted by Gasteiger charge is 2.13. The number of nitriles is 1. The van der Waals surface area contributed by atoms with Gasteiger partial charge in [0.15, 0.2) is 5.76 Å². The first kappa shape index (κ1) is 18.1. The normalized spacial score (nSPS) is 11.2. The SMILES string of the molecule is N#C/C(=C/c1ccc2noc(-c3ccccc3)c2c1)C(=O)Nc1ccc(F)cc1. The van der Waals surface area contributed by atoms with Crippen molar-refractivity contribution in [1.82, 2.24) is 5.16 Å². The van der Waals surface area contributed by atoms with E-state index in [0.717, 1.165) is 10.9 Å². The Morgan fingerprint density at radius 2 is 1.83 bits per heavy atom. The number of nitrogens with one attached hydrogen (secondary N) is 1. The molecule has 0 radical (unpaired) electrons. The number of hydrogen-bond donors (Lipinski definition) is 1. The third-order valence-corrected chi connectivity index (χ3v) is 4.31. The number of benzene rings is 3. The standard InChI is InChI=1S/C23H14FN3O2/c24-18-7-9-19(10-8-18)26-23(28)17(14-25)12-15-6-11-21-20(13-15)22(29-27-21)16-4-2-1-3-5-16/h1-13H,(H,26,28)/b17-12-. The maximum atomic E-state index is 13.0. The summed E-state index contributed by atoms with van der Waals surface area (Å²) in [5, 5.41) is 16.8. The topological polar surface area (TPSA) is 78.9 Å². The zero-order valence-electron chi connectivity index (χ0n) is 15.1. The number of carbonyl (C=O) groups is 1. The smallest absolute Gasteiger partial charge is 0.266 e. The summed E-state index contributed by atoms with van der Waals surface area (Å²) >= 11 is 0. The Bertz CT molecular complexity index is 1250. The van der Waals surface area contributed by atoms with E-state index in [1.165, 1.54) is 30.3 Å². The van der Waals surface area contributed by atoms with Crippen molar-refractivity contribution in [2.24, 2.45) is 0 Å². The number of amides is 1. The lowest BCUT2D eigenvalue weighted by molar-refractivity contribution is -0.112. The quantitative estimate of drug-likeness (QED) is 0.389. The Balaban J connectivity index is 1.66. The van der Waals surface area contributed by atoms with Crippen LogP contribution < -0.4 is 5.32 Å². The van der Waals surface area contributed by atoms with Gasteiger partial charge in [-0.15, -0.1) is 0 Å². The van der Waals surface area contributed by atoms with E-state index in [1.54, 1.807) is 12.1 Å². The maximum absolute atomic E-state index is 13.0. The largest absolute Gasteiger partial charge is 0.355 e. The average Bonchev–Trinajstić information content (AvgIpc) is 3.17. The van der Waals surface area contributed by atoms with Gasteiger partial charge in [-0.3, -0.25) is 4.79 Å². The van der Waals surface area contributed by atoms with Crippen molar-refractivity contribution in [3.63, 3.8) is 0 Å². The molecule has 4 aromatic rings. The molecular formula is C23H14FN3O2. The Labute approximate surface area is 165 Å². The van der Waals surface area contributed by atoms with Gasteiger partial charge in [-0.1, -0.05) is 41.6 Å². The van der Waals surface area contributed by atoms with Crippen LogP contribution in [0.2, 0.25) is 0 Å². The van der Waals surface area contributed by atoms with E-state index in [4.69, 9.17) is 4.52 Å². The lowest BCUT2D eigenvalue weighted by atomic mass is 10.0. The van der Waals surface area contributed by atoms with Gasteiger partial charge in [0.25, 0.3) is 5.91 Å². The van der Waals surface area contributed by atoms with Crippen molar-refractivity contribution < 1.29 is 13.7 Å². The molecule has 1 heterocycles. The van der Waals surface area contributed by atoms with Gasteiger partial charge in [-0.2, -0.15) is 5.26 Å². The fourth-order valence-electron chi connectivity index (χ4n) is 2.89. The van der Waals surface area contributed by atoms with E-state index < -0.39 is 11.7 Å². The monoisotopic (exact) mass is 383 g/mol. The summed E-state index contributed by atoms with van der Waals surface area (Å²) in [6.45, 7) is 0. The highest BCUT2D eigenvalue weighted by molar-refractivity contribution is 6.10. The molecule has 4 rings (SSSR count). The predicted octanol–water partition coefficient (Wildman–Crippen LogP) is 5.18. The fraction of sp³-hybridized carbons (Fsp3) is 0. The molecule has 0 saturated carbocycles. The van der Waals surface area contributed by atoms with Gasteiger partial charge in [0, 0.05) is 11.3 Å². The summed E-state index contributed by atoms with van der Waals surface area (Å²) < 4.78 is 18.5. The first-order valence-electron chi connectivity index (χ1n) is 8.77. The molecule has 0 aliphatic carbocycles. The number of fused-ring (bicyclic) bond motifs is 1. The molecule has 0 atom stereocenters. The van der Waals surface area contributed by atoms with E-state index in [-0.39, 0.29) is 5.57 Å². The van der Waals surface area contributed by atoms with Gasteiger partial charge in [-0.25, -0.2) is 4.39 Å². The third-order valence-electron chi connectivity index (χ3n) is 4.31. The molecular weight excluding hydrogens is 369 g/mol. The second kappa shape index (κ2) is 7.79. The highest BCUT2D eigenvalue weighted by atomic mass is 19.1. The van der Waals surface area contributed by atoms with E-state index in [1.807, 2.05) is 42.5 Å². The van der Waals surface area contributed by atoms with Gasteiger partial charge < -0.3 is 9.84 Å². The summed E-state index contributed by atoms with van der Waals surface area (Å²) in [5.74, 6) is -0.367. The molecule has 0 fully saturated rings. The zero-order valence-corrected chi connectivity index (χ0v) is 15.1. The number of hydrogen-bond acceptors (Lipinski definition) is 4. The van der Waals surface area contributed by atoms with Crippen LogP contribution in [-0.2, 0) is 4.79 Å². The molecule has 0 saturated heterocycles. The number of halogens is 1. The van der Waals surface area contributed by atoms with E-state index in [2.05, 4.69) is 10.5 Å². The molecule has 1 aromatic heterocycles. The number of aromatic nitrogens is 1. The molecule has 29 heavy (non-hydrogen) atoms. The van der Waals surface area contributed by atoms with Crippen molar-refractivity contribution in [2.45, 2.75) is 0 Å².